The molecular formula is C35H65N5O3. The van der Waals surface area contributed by atoms with Crippen LogP contribution in [0.2, 0.25) is 0 Å². The van der Waals surface area contributed by atoms with Crippen molar-refractivity contribution < 1.29 is 14.3 Å². The number of carbonyl (C=O) groups excluding carboxylic acids is 2. The van der Waals surface area contributed by atoms with E-state index in [1.807, 2.05) is 13.1 Å². The Morgan fingerprint density at radius 2 is 1.42 bits per heavy atom. The van der Waals surface area contributed by atoms with Crippen molar-refractivity contribution in [3.63, 3.8) is 0 Å². The average Bonchev–Trinajstić information content (AvgIpc) is 3.02. The summed E-state index contributed by atoms with van der Waals surface area (Å²) in [6.07, 6.45) is 26.1. The molecular weight excluding hydrogens is 538 g/mol. The predicted octanol–water partition coefficient (Wildman–Crippen LogP) is 8.57. The number of nitrogens with zero attached hydrogens (tertiary/aromatic N) is 3. The van der Waals surface area contributed by atoms with Crippen molar-refractivity contribution in [2.75, 3.05) is 43.9 Å². The van der Waals surface area contributed by atoms with Gasteiger partial charge in [-0.05, 0) is 71.0 Å². The van der Waals surface area contributed by atoms with Gasteiger partial charge < -0.3 is 25.1 Å². The fraction of sp³-hybridized carbons (Fsp3) is 0.829. The molecule has 0 saturated heterocycles. The van der Waals surface area contributed by atoms with Crippen LogP contribution in [0.1, 0.15) is 149 Å². The third-order valence-electron chi connectivity index (χ3n) is 8.17. The Labute approximate surface area is 263 Å². The van der Waals surface area contributed by atoms with Gasteiger partial charge in [-0.2, -0.15) is 0 Å². The summed E-state index contributed by atoms with van der Waals surface area (Å²) in [7, 11) is 1.86. The highest BCUT2D eigenvalue weighted by atomic mass is 16.5. The van der Waals surface area contributed by atoms with Gasteiger partial charge in [-0.25, -0.2) is 9.97 Å². The van der Waals surface area contributed by atoms with E-state index in [0.29, 0.717) is 12.8 Å². The number of unbranched alkanes of at least 4 members (excludes halogenated alkanes) is 14. The van der Waals surface area contributed by atoms with Gasteiger partial charge in [-0.15, -0.1) is 0 Å². The molecule has 0 amide bonds. The number of esters is 1. The van der Waals surface area contributed by atoms with Crippen molar-refractivity contribution in [1.29, 1.82) is 0 Å². The van der Waals surface area contributed by atoms with E-state index in [0.717, 1.165) is 89.0 Å². The number of ether oxygens (including phenoxy) is 1. The van der Waals surface area contributed by atoms with E-state index in [1.54, 1.807) is 6.33 Å². The third-order valence-corrected chi connectivity index (χ3v) is 8.17. The van der Waals surface area contributed by atoms with Crippen LogP contribution in [0.25, 0.3) is 0 Å². The van der Waals surface area contributed by atoms with E-state index in [9.17, 15) is 9.59 Å². The highest BCUT2D eigenvalue weighted by Crippen LogP contribution is 2.15. The minimum absolute atomic E-state index is 0.00655. The second-order valence-corrected chi connectivity index (χ2v) is 12.0. The first-order valence-corrected chi connectivity index (χ1v) is 17.7. The van der Waals surface area contributed by atoms with E-state index in [1.165, 1.54) is 77.0 Å². The number of nitrogens with one attached hydrogen (secondary N) is 2. The Kier molecular flexibility index (Phi) is 25.8. The molecule has 0 radical (unpaired) electrons. The number of anilines is 2. The van der Waals surface area contributed by atoms with Crippen LogP contribution < -0.4 is 10.6 Å². The van der Waals surface area contributed by atoms with Gasteiger partial charge in [-0.1, -0.05) is 84.5 Å². The maximum absolute atomic E-state index is 12.4. The third kappa shape index (κ3) is 22.9. The molecule has 0 saturated carbocycles. The van der Waals surface area contributed by atoms with E-state index >= 15 is 0 Å². The van der Waals surface area contributed by atoms with Crippen LogP contribution in [0.5, 0.6) is 0 Å². The maximum Gasteiger partial charge on any atom is 0.306 e. The Hall–Kier alpha value is -2.22. The standard InChI is InChI=1S/C35H65N5O3/c1-4-6-7-8-12-17-23-32(5-2)43-35(42)24-18-13-11-15-20-27-40(26-19-14-9-10-16-21-29-41)28-22-25-37-34-30-33(36-3)38-31-39-34/h29-32H,4-28H2,1-3H3,(H2,36,37,38,39). The first-order chi connectivity index (χ1) is 21.1. The molecule has 43 heavy (non-hydrogen) atoms. The normalized spacial score (nSPS) is 11.9. The number of hydrogen-bond donors (Lipinski definition) is 2. The van der Waals surface area contributed by atoms with Crippen molar-refractivity contribution in [1.82, 2.24) is 14.9 Å². The molecule has 0 aliphatic heterocycles. The van der Waals surface area contributed by atoms with Crippen LogP contribution in [0.4, 0.5) is 11.6 Å². The smallest absolute Gasteiger partial charge is 0.306 e. The van der Waals surface area contributed by atoms with Gasteiger partial charge >= 0.3 is 5.97 Å². The minimum atomic E-state index is -0.00655. The monoisotopic (exact) mass is 604 g/mol. The summed E-state index contributed by atoms with van der Waals surface area (Å²) in [4.78, 5) is 34.0. The average molecular weight is 604 g/mol. The lowest BCUT2D eigenvalue weighted by molar-refractivity contribution is -0.149. The van der Waals surface area contributed by atoms with Crippen LogP contribution in [-0.2, 0) is 14.3 Å². The van der Waals surface area contributed by atoms with Gasteiger partial charge in [-0.3, -0.25) is 4.79 Å². The number of carbonyl (C=O) groups is 2. The summed E-state index contributed by atoms with van der Waals surface area (Å²) >= 11 is 0. The summed E-state index contributed by atoms with van der Waals surface area (Å²) in [6.45, 7) is 8.59. The minimum Gasteiger partial charge on any atom is -0.462 e. The maximum atomic E-state index is 12.4. The first kappa shape index (κ1) is 38.8. The van der Waals surface area contributed by atoms with Gasteiger partial charge in [0.2, 0.25) is 0 Å². The van der Waals surface area contributed by atoms with Gasteiger partial charge in [0.25, 0.3) is 0 Å². The molecule has 0 fully saturated rings. The zero-order chi connectivity index (χ0) is 31.2. The molecule has 248 valence electrons. The molecule has 8 heteroatoms. The molecule has 1 heterocycles. The van der Waals surface area contributed by atoms with E-state index in [-0.39, 0.29) is 12.1 Å². The Balaban J connectivity index is 2.23. The van der Waals surface area contributed by atoms with Crippen molar-refractivity contribution in [2.24, 2.45) is 0 Å². The summed E-state index contributed by atoms with van der Waals surface area (Å²) in [6, 6.07) is 1.93. The molecule has 8 nitrogen and oxygen atoms in total. The van der Waals surface area contributed by atoms with Crippen LogP contribution in [-0.4, -0.2) is 66.5 Å². The van der Waals surface area contributed by atoms with Gasteiger partial charge in [0.1, 0.15) is 30.4 Å². The molecule has 1 unspecified atom stereocenters. The fourth-order valence-corrected chi connectivity index (χ4v) is 5.42. The van der Waals surface area contributed by atoms with Crippen molar-refractivity contribution >= 4 is 23.9 Å². The second-order valence-electron chi connectivity index (χ2n) is 12.0. The molecule has 1 aromatic rings. The van der Waals surface area contributed by atoms with E-state index in [2.05, 4.69) is 39.3 Å². The number of aldehydes is 1. The largest absolute Gasteiger partial charge is 0.462 e. The van der Waals surface area contributed by atoms with E-state index < -0.39 is 0 Å². The number of rotatable bonds is 31. The summed E-state index contributed by atoms with van der Waals surface area (Å²) in [5.41, 5.74) is 0. The van der Waals surface area contributed by atoms with Crippen molar-refractivity contribution in [3.8, 4) is 0 Å². The Bertz CT molecular complexity index is 794. The van der Waals surface area contributed by atoms with Crippen LogP contribution in [0, 0.1) is 0 Å². The number of hydrogen-bond acceptors (Lipinski definition) is 8. The van der Waals surface area contributed by atoms with Gasteiger partial charge in [0, 0.05) is 32.5 Å². The highest BCUT2D eigenvalue weighted by Gasteiger charge is 2.12. The summed E-state index contributed by atoms with van der Waals surface area (Å²) in [5.74, 6) is 1.67. The van der Waals surface area contributed by atoms with E-state index in [4.69, 9.17) is 4.74 Å². The topological polar surface area (TPSA) is 96.5 Å². The van der Waals surface area contributed by atoms with Crippen LogP contribution in [0.15, 0.2) is 12.4 Å². The predicted molar refractivity (Wildman–Crippen MR) is 181 cm³/mol. The molecule has 0 aromatic carbocycles. The lowest BCUT2D eigenvalue weighted by Crippen LogP contribution is -2.28. The summed E-state index contributed by atoms with van der Waals surface area (Å²) in [5, 5.41) is 6.47. The highest BCUT2D eigenvalue weighted by molar-refractivity contribution is 5.69. The van der Waals surface area contributed by atoms with Crippen molar-refractivity contribution in [3.05, 3.63) is 12.4 Å². The zero-order valence-corrected chi connectivity index (χ0v) is 28.1. The van der Waals surface area contributed by atoms with Gasteiger partial charge in [0.15, 0.2) is 0 Å². The quantitative estimate of drug-likeness (QED) is 0.0495. The molecule has 0 bridgehead atoms. The molecule has 0 aliphatic rings. The van der Waals surface area contributed by atoms with Crippen molar-refractivity contribution in [2.45, 2.75) is 155 Å². The Morgan fingerprint density at radius 3 is 2.09 bits per heavy atom. The molecule has 1 atom stereocenters. The van der Waals surface area contributed by atoms with Crippen LogP contribution >= 0.6 is 0 Å². The van der Waals surface area contributed by atoms with Gasteiger partial charge in [0.05, 0.1) is 0 Å². The summed E-state index contributed by atoms with van der Waals surface area (Å²) < 4.78 is 5.77. The zero-order valence-electron chi connectivity index (χ0n) is 28.1. The molecule has 1 rings (SSSR count). The molecule has 0 spiro atoms. The Morgan fingerprint density at radius 1 is 0.814 bits per heavy atom. The van der Waals surface area contributed by atoms with Crippen LogP contribution in [0.3, 0.4) is 0 Å². The first-order valence-electron chi connectivity index (χ1n) is 17.7. The second kappa shape index (κ2) is 28.5. The lowest BCUT2D eigenvalue weighted by atomic mass is 10.1. The SMILES string of the molecule is CCCCCCCCC(CC)OC(=O)CCCCCCCN(CCCCCCCC=O)CCCNc1cc(NC)ncn1. The molecule has 2 N–H and O–H groups in total. The lowest BCUT2D eigenvalue weighted by Gasteiger charge is -2.22. The fourth-order valence-electron chi connectivity index (χ4n) is 5.42. The number of aromatic nitrogens is 2. The molecule has 1 aromatic heterocycles. The molecule has 0 aliphatic carbocycles.